The number of anilines is 1. The highest BCUT2D eigenvalue weighted by Gasteiger charge is 2.19. The molecule has 4 N–H and O–H groups in total. The van der Waals surface area contributed by atoms with E-state index in [1.807, 2.05) is 6.26 Å². The lowest BCUT2D eigenvalue weighted by Gasteiger charge is -2.16. The summed E-state index contributed by atoms with van der Waals surface area (Å²) >= 11 is 1.55. The molecule has 0 radical (unpaired) electrons. The molecule has 1 rings (SSSR count). The summed E-state index contributed by atoms with van der Waals surface area (Å²) < 4.78 is 13.0. The number of amides is 3. The van der Waals surface area contributed by atoms with E-state index in [0.29, 0.717) is 17.9 Å². The van der Waals surface area contributed by atoms with Crippen molar-refractivity contribution >= 4 is 29.4 Å². The minimum Gasteiger partial charge on any atom is -0.352 e. The number of primary amides is 1. The Morgan fingerprint density at radius 3 is 2.79 bits per heavy atom. The van der Waals surface area contributed by atoms with Gasteiger partial charge in [0.1, 0.15) is 11.9 Å². The van der Waals surface area contributed by atoms with Gasteiger partial charge in [-0.15, -0.1) is 0 Å². The monoisotopic (exact) mass is 285 g/mol. The van der Waals surface area contributed by atoms with Gasteiger partial charge >= 0.3 is 6.03 Å². The van der Waals surface area contributed by atoms with E-state index in [1.165, 1.54) is 18.2 Å². The highest BCUT2D eigenvalue weighted by Crippen LogP contribution is 2.10. The Morgan fingerprint density at radius 2 is 2.21 bits per heavy atom. The van der Waals surface area contributed by atoms with Crippen molar-refractivity contribution in [2.24, 2.45) is 5.73 Å². The number of nitrogens with two attached hydrogens (primary N) is 1. The van der Waals surface area contributed by atoms with Gasteiger partial charge in [0.05, 0.1) is 0 Å². The molecule has 0 aliphatic carbocycles. The summed E-state index contributed by atoms with van der Waals surface area (Å²) in [7, 11) is 0. The minimum atomic E-state index is -0.763. The van der Waals surface area contributed by atoms with Crippen LogP contribution < -0.4 is 16.4 Å². The van der Waals surface area contributed by atoms with Crippen molar-refractivity contribution in [3.8, 4) is 0 Å². The topological polar surface area (TPSA) is 84.2 Å². The van der Waals surface area contributed by atoms with Crippen LogP contribution in [0.25, 0.3) is 0 Å². The van der Waals surface area contributed by atoms with Gasteiger partial charge in [-0.1, -0.05) is 6.07 Å². The van der Waals surface area contributed by atoms with Crippen LogP contribution in [0.4, 0.5) is 14.9 Å². The van der Waals surface area contributed by atoms with Crippen molar-refractivity contribution in [2.45, 2.75) is 12.5 Å². The molecular weight excluding hydrogens is 269 g/mol. The maximum atomic E-state index is 13.0. The Kier molecular flexibility index (Phi) is 6.14. The van der Waals surface area contributed by atoms with Gasteiger partial charge in [0.2, 0.25) is 5.91 Å². The van der Waals surface area contributed by atoms with Crippen molar-refractivity contribution in [3.63, 3.8) is 0 Å². The van der Waals surface area contributed by atoms with E-state index in [-0.39, 0.29) is 0 Å². The van der Waals surface area contributed by atoms with Gasteiger partial charge in [0.25, 0.3) is 0 Å². The van der Waals surface area contributed by atoms with Crippen molar-refractivity contribution in [1.82, 2.24) is 5.32 Å². The molecule has 1 unspecified atom stereocenters. The predicted octanol–water partition coefficient (Wildman–Crippen LogP) is 1.55. The number of halogens is 1. The second kappa shape index (κ2) is 7.63. The molecule has 0 aromatic heterocycles. The summed E-state index contributed by atoms with van der Waals surface area (Å²) in [6.45, 7) is 0. The first kappa shape index (κ1) is 15.3. The smallest absolute Gasteiger partial charge is 0.312 e. The van der Waals surface area contributed by atoms with Crippen LogP contribution >= 0.6 is 11.8 Å². The molecule has 1 aromatic carbocycles. The first-order chi connectivity index (χ1) is 9.02. The number of thioether (sulfide) groups is 1. The second-order valence-corrected chi connectivity index (χ2v) is 4.83. The van der Waals surface area contributed by atoms with E-state index in [9.17, 15) is 14.0 Å². The molecule has 104 valence electrons. The molecule has 1 aromatic rings. The largest absolute Gasteiger partial charge is 0.352 e. The Labute approximate surface area is 115 Å². The second-order valence-electron chi connectivity index (χ2n) is 3.84. The van der Waals surface area contributed by atoms with Crippen molar-refractivity contribution in [3.05, 3.63) is 30.1 Å². The average Bonchev–Trinajstić information content (AvgIpc) is 2.34. The van der Waals surface area contributed by atoms with Crippen LogP contribution in [0.5, 0.6) is 0 Å². The van der Waals surface area contributed by atoms with Gasteiger partial charge in [-0.25, -0.2) is 9.18 Å². The number of benzene rings is 1. The highest BCUT2D eigenvalue weighted by atomic mass is 32.2. The van der Waals surface area contributed by atoms with E-state index < -0.39 is 23.8 Å². The number of urea groups is 1. The van der Waals surface area contributed by atoms with Gasteiger partial charge in [0.15, 0.2) is 0 Å². The van der Waals surface area contributed by atoms with Crippen molar-refractivity contribution < 1.29 is 14.0 Å². The molecule has 0 saturated heterocycles. The Hall–Kier alpha value is -1.76. The fraction of sp³-hybridized carbons (Fsp3) is 0.333. The third-order valence-corrected chi connectivity index (χ3v) is 2.98. The lowest BCUT2D eigenvalue weighted by Crippen LogP contribution is -2.46. The maximum absolute atomic E-state index is 13.0. The summed E-state index contributed by atoms with van der Waals surface area (Å²) in [6.07, 6.45) is 2.34. The molecule has 7 heteroatoms. The Bertz CT molecular complexity index is 456. The predicted molar refractivity (Wildman–Crippen MR) is 74.5 cm³/mol. The van der Waals surface area contributed by atoms with Gasteiger partial charge in [-0.2, -0.15) is 11.8 Å². The van der Waals surface area contributed by atoms with Crippen LogP contribution in [-0.4, -0.2) is 30.0 Å². The van der Waals surface area contributed by atoms with Crippen LogP contribution in [-0.2, 0) is 4.79 Å². The molecule has 0 aliphatic heterocycles. The standard InChI is InChI=1S/C12H16FN3O2S/c1-19-6-5-10(16-12(14)18)11(17)15-9-4-2-3-8(13)7-9/h2-4,7,10H,5-6H2,1H3,(H,15,17)(H3,14,16,18). The zero-order valence-electron chi connectivity index (χ0n) is 10.5. The molecule has 0 spiro atoms. The van der Waals surface area contributed by atoms with Gasteiger partial charge in [-0.3, -0.25) is 4.79 Å². The molecule has 19 heavy (non-hydrogen) atoms. The lowest BCUT2D eigenvalue weighted by molar-refractivity contribution is -0.117. The fourth-order valence-electron chi connectivity index (χ4n) is 1.47. The summed E-state index contributed by atoms with van der Waals surface area (Å²) in [6, 6.07) is 4.05. The molecule has 1 atom stereocenters. The first-order valence-electron chi connectivity index (χ1n) is 5.64. The molecule has 0 bridgehead atoms. The molecule has 3 amide bonds. The van der Waals surface area contributed by atoms with Crippen LogP contribution in [0.1, 0.15) is 6.42 Å². The Morgan fingerprint density at radius 1 is 1.47 bits per heavy atom. The normalized spacial score (nSPS) is 11.7. The SMILES string of the molecule is CSCCC(NC(N)=O)C(=O)Nc1cccc(F)c1. The average molecular weight is 285 g/mol. The number of carbonyl (C=O) groups is 2. The van der Waals surface area contributed by atoms with Crippen LogP contribution in [0.15, 0.2) is 24.3 Å². The van der Waals surface area contributed by atoms with Crippen LogP contribution in [0.3, 0.4) is 0 Å². The van der Waals surface area contributed by atoms with E-state index in [0.717, 1.165) is 0 Å². The lowest BCUT2D eigenvalue weighted by atomic mass is 10.2. The summed E-state index contributed by atoms with van der Waals surface area (Å²) in [4.78, 5) is 22.8. The number of rotatable bonds is 6. The van der Waals surface area contributed by atoms with E-state index in [4.69, 9.17) is 5.73 Å². The van der Waals surface area contributed by atoms with Crippen molar-refractivity contribution in [2.75, 3.05) is 17.3 Å². The third kappa shape index (κ3) is 5.60. The van der Waals surface area contributed by atoms with Gasteiger partial charge in [-0.05, 0) is 36.6 Å². The van der Waals surface area contributed by atoms with Crippen LogP contribution in [0.2, 0.25) is 0 Å². The molecule has 0 heterocycles. The minimum absolute atomic E-state index is 0.338. The third-order valence-electron chi connectivity index (χ3n) is 2.34. The zero-order chi connectivity index (χ0) is 14.3. The van der Waals surface area contributed by atoms with Crippen molar-refractivity contribution in [1.29, 1.82) is 0 Å². The van der Waals surface area contributed by atoms with E-state index in [1.54, 1.807) is 17.8 Å². The number of nitrogens with one attached hydrogen (secondary N) is 2. The quantitative estimate of drug-likeness (QED) is 0.741. The summed E-state index contributed by atoms with van der Waals surface area (Å²) in [5.41, 5.74) is 5.36. The highest BCUT2D eigenvalue weighted by molar-refractivity contribution is 7.98. The molecule has 0 saturated carbocycles. The number of hydrogen-bond donors (Lipinski definition) is 3. The van der Waals surface area contributed by atoms with Gasteiger partial charge in [0, 0.05) is 5.69 Å². The molecule has 0 aliphatic rings. The summed E-state index contributed by atoms with van der Waals surface area (Å²) in [5.74, 6) is -0.165. The van der Waals surface area contributed by atoms with Gasteiger partial charge < -0.3 is 16.4 Å². The number of hydrogen-bond acceptors (Lipinski definition) is 3. The maximum Gasteiger partial charge on any atom is 0.312 e. The Balaban J connectivity index is 2.67. The molecule has 0 fully saturated rings. The molecular formula is C12H16FN3O2S. The van der Waals surface area contributed by atoms with Crippen LogP contribution in [0, 0.1) is 5.82 Å². The zero-order valence-corrected chi connectivity index (χ0v) is 11.3. The molecule has 5 nitrogen and oxygen atoms in total. The first-order valence-corrected chi connectivity index (χ1v) is 7.03. The van der Waals surface area contributed by atoms with E-state index >= 15 is 0 Å². The number of carbonyl (C=O) groups excluding carboxylic acids is 2. The fourth-order valence-corrected chi connectivity index (χ4v) is 1.94. The van der Waals surface area contributed by atoms with E-state index in [2.05, 4.69) is 10.6 Å². The summed E-state index contributed by atoms with van der Waals surface area (Å²) in [5, 5.41) is 4.91.